The molecule has 0 bridgehead atoms. The van der Waals surface area contributed by atoms with Gasteiger partial charge in [-0.2, -0.15) is 4.31 Å². The minimum absolute atomic E-state index is 0.0185. The second-order valence-corrected chi connectivity index (χ2v) is 6.98. The molecular weight excluding hydrogens is 280 g/mol. The minimum atomic E-state index is -3.28. The number of sulfonamides is 1. The third kappa shape index (κ3) is 4.12. The lowest BCUT2D eigenvalue weighted by molar-refractivity contribution is -0.0440. The average molecular weight is 300 g/mol. The van der Waals surface area contributed by atoms with Gasteiger partial charge in [0, 0.05) is 32.0 Å². The van der Waals surface area contributed by atoms with Gasteiger partial charge in [-0.15, -0.1) is 0 Å². The predicted octanol–water partition coefficient (Wildman–Crippen LogP) is 0.328. The molecule has 0 amide bonds. The van der Waals surface area contributed by atoms with Crippen LogP contribution in [0.25, 0.3) is 0 Å². The molecule has 0 aromatic carbocycles. The Bertz CT molecular complexity index is 513. The summed E-state index contributed by atoms with van der Waals surface area (Å²) in [4.78, 5) is 7.97. The van der Waals surface area contributed by atoms with Gasteiger partial charge in [0.15, 0.2) is 0 Å². The Morgan fingerprint density at radius 3 is 2.50 bits per heavy atom. The quantitative estimate of drug-likeness (QED) is 0.843. The van der Waals surface area contributed by atoms with Crippen molar-refractivity contribution in [2.45, 2.75) is 26.1 Å². The summed E-state index contributed by atoms with van der Waals surface area (Å²) in [6.45, 7) is 4.87. The Morgan fingerprint density at radius 1 is 1.30 bits per heavy atom. The summed E-state index contributed by atoms with van der Waals surface area (Å²) in [6.07, 6.45) is 3.07. The zero-order valence-electron chi connectivity index (χ0n) is 11.7. The second kappa shape index (κ2) is 6.47. The van der Waals surface area contributed by atoms with E-state index in [1.807, 2.05) is 13.8 Å². The summed E-state index contributed by atoms with van der Waals surface area (Å²) in [5.74, 6) is 0.455. The van der Waals surface area contributed by atoms with Crippen LogP contribution in [-0.4, -0.2) is 60.3 Å². The Balaban J connectivity index is 1.87. The topological polar surface area (TPSA) is 84.4 Å². The fourth-order valence-corrected chi connectivity index (χ4v) is 3.66. The van der Waals surface area contributed by atoms with Gasteiger partial charge in [-0.25, -0.2) is 18.4 Å². The van der Waals surface area contributed by atoms with Crippen LogP contribution in [0.4, 0.5) is 5.95 Å². The van der Waals surface area contributed by atoms with E-state index in [4.69, 9.17) is 4.74 Å². The Kier molecular flexibility index (Phi) is 4.90. The number of nitrogens with zero attached hydrogens (tertiary/aromatic N) is 3. The SMILES string of the molecule is C[C@@H]1CN(S(=O)(=O)CCNc2ncccn2)C[C@H](C)O1. The van der Waals surface area contributed by atoms with Crippen molar-refractivity contribution < 1.29 is 13.2 Å². The van der Waals surface area contributed by atoms with E-state index in [9.17, 15) is 8.42 Å². The Labute approximate surface area is 119 Å². The van der Waals surface area contributed by atoms with Gasteiger partial charge < -0.3 is 10.1 Å². The zero-order valence-corrected chi connectivity index (χ0v) is 12.5. The van der Waals surface area contributed by atoms with Crippen molar-refractivity contribution in [3.8, 4) is 0 Å². The normalized spacial score (nSPS) is 24.5. The lowest BCUT2D eigenvalue weighted by Crippen LogP contribution is -2.49. The molecule has 8 heteroatoms. The molecule has 0 saturated carbocycles. The third-order valence-electron chi connectivity index (χ3n) is 2.99. The summed E-state index contributed by atoms with van der Waals surface area (Å²) in [5, 5.41) is 2.90. The molecule has 0 aliphatic carbocycles. The van der Waals surface area contributed by atoms with Crippen molar-refractivity contribution >= 4 is 16.0 Å². The molecule has 1 aromatic rings. The first-order chi connectivity index (χ1) is 9.47. The summed E-state index contributed by atoms with van der Waals surface area (Å²) < 4.78 is 31.6. The van der Waals surface area contributed by atoms with E-state index in [0.717, 1.165) is 0 Å². The fourth-order valence-electron chi connectivity index (χ4n) is 2.17. The highest BCUT2D eigenvalue weighted by Crippen LogP contribution is 2.14. The summed E-state index contributed by atoms with van der Waals surface area (Å²) in [5.41, 5.74) is 0. The first kappa shape index (κ1) is 15.1. The van der Waals surface area contributed by atoms with Crippen LogP contribution >= 0.6 is 0 Å². The molecule has 1 aromatic heterocycles. The highest BCUT2D eigenvalue weighted by molar-refractivity contribution is 7.89. The molecule has 0 spiro atoms. The molecule has 0 radical (unpaired) electrons. The molecule has 7 nitrogen and oxygen atoms in total. The Hall–Kier alpha value is -1.25. The molecule has 20 heavy (non-hydrogen) atoms. The molecule has 1 fully saturated rings. The second-order valence-electron chi connectivity index (χ2n) is 4.89. The molecule has 1 aliphatic heterocycles. The fraction of sp³-hybridized carbons (Fsp3) is 0.667. The molecule has 0 unspecified atom stereocenters. The lowest BCUT2D eigenvalue weighted by atomic mass is 10.3. The number of nitrogens with one attached hydrogen (secondary N) is 1. The zero-order chi connectivity index (χ0) is 14.6. The summed E-state index contributed by atoms with van der Waals surface area (Å²) >= 11 is 0. The van der Waals surface area contributed by atoms with Gasteiger partial charge in [0.25, 0.3) is 0 Å². The minimum Gasteiger partial charge on any atom is -0.373 e. The van der Waals surface area contributed by atoms with E-state index in [0.29, 0.717) is 19.0 Å². The number of rotatable bonds is 5. The van der Waals surface area contributed by atoms with Gasteiger partial charge in [0.05, 0.1) is 18.0 Å². The molecule has 112 valence electrons. The molecule has 2 rings (SSSR count). The van der Waals surface area contributed by atoms with Crippen molar-refractivity contribution in [1.82, 2.24) is 14.3 Å². The van der Waals surface area contributed by atoms with Crippen molar-refractivity contribution in [1.29, 1.82) is 0 Å². The number of aromatic nitrogens is 2. The van der Waals surface area contributed by atoms with E-state index in [1.54, 1.807) is 18.5 Å². The molecule has 1 aliphatic rings. The molecule has 1 N–H and O–H groups in total. The van der Waals surface area contributed by atoms with E-state index < -0.39 is 10.0 Å². The van der Waals surface area contributed by atoms with Crippen LogP contribution in [0.2, 0.25) is 0 Å². The van der Waals surface area contributed by atoms with Gasteiger partial charge in [0.2, 0.25) is 16.0 Å². The van der Waals surface area contributed by atoms with E-state index in [1.165, 1.54) is 4.31 Å². The predicted molar refractivity (Wildman–Crippen MR) is 75.9 cm³/mol. The molecule has 2 heterocycles. The van der Waals surface area contributed by atoms with Crippen molar-refractivity contribution in [3.05, 3.63) is 18.5 Å². The van der Waals surface area contributed by atoms with Gasteiger partial charge in [-0.05, 0) is 19.9 Å². The van der Waals surface area contributed by atoms with Crippen LogP contribution in [-0.2, 0) is 14.8 Å². The smallest absolute Gasteiger partial charge is 0.222 e. The average Bonchev–Trinajstić information content (AvgIpc) is 2.38. The maximum atomic E-state index is 12.3. The number of hydrogen-bond acceptors (Lipinski definition) is 6. The lowest BCUT2D eigenvalue weighted by Gasteiger charge is -2.34. The standard InChI is InChI=1S/C12H20N4O3S/c1-10-8-16(9-11(2)19-10)20(17,18)7-6-15-12-13-4-3-5-14-12/h3-5,10-11H,6-9H2,1-2H3,(H,13,14,15)/t10-,11+. The van der Waals surface area contributed by atoms with Crippen LogP contribution in [0, 0.1) is 0 Å². The maximum Gasteiger partial charge on any atom is 0.222 e. The number of hydrogen-bond donors (Lipinski definition) is 1. The van der Waals surface area contributed by atoms with Gasteiger partial charge in [-0.3, -0.25) is 0 Å². The monoisotopic (exact) mass is 300 g/mol. The Morgan fingerprint density at radius 2 is 1.90 bits per heavy atom. The maximum absolute atomic E-state index is 12.3. The van der Waals surface area contributed by atoms with Gasteiger partial charge in [-0.1, -0.05) is 0 Å². The summed E-state index contributed by atoms with van der Waals surface area (Å²) in [7, 11) is -3.28. The van der Waals surface area contributed by atoms with Crippen LogP contribution in [0.3, 0.4) is 0 Å². The molecule has 2 atom stereocenters. The van der Waals surface area contributed by atoms with Crippen molar-refractivity contribution in [2.24, 2.45) is 0 Å². The number of anilines is 1. The summed E-state index contributed by atoms with van der Waals surface area (Å²) in [6, 6.07) is 1.71. The van der Waals surface area contributed by atoms with Crippen molar-refractivity contribution in [2.75, 3.05) is 30.7 Å². The molecular formula is C12H20N4O3S. The largest absolute Gasteiger partial charge is 0.373 e. The number of ether oxygens (including phenoxy) is 1. The van der Waals surface area contributed by atoms with Crippen molar-refractivity contribution in [3.63, 3.8) is 0 Å². The molecule has 1 saturated heterocycles. The van der Waals surface area contributed by atoms with Gasteiger partial charge in [0.1, 0.15) is 0 Å². The van der Waals surface area contributed by atoms with E-state index >= 15 is 0 Å². The van der Waals surface area contributed by atoms with Crippen LogP contribution < -0.4 is 5.32 Å². The number of morpholine rings is 1. The van der Waals surface area contributed by atoms with Crippen LogP contribution in [0.1, 0.15) is 13.8 Å². The van der Waals surface area contributed by atoms with Gasteiger partial charge >= 0.3 is 0 Å². The van der Waals surface area contributed by atoms with Crippen LogP contribution in [0.5, 0.6) is 0 Å². The van der Waals surface area contributed by atoms with E-state index in [2.05, 4.69) is 15.3 Å². The highest BCUT2D eigenvalue weighted by Gasteiger charge is 2.30. The first-order valence-corrected chi connectivity index (χ1v) is 8.22. The third-order valence-corrected chi connectivity index (χ3v) is 4.79. The van der Waals surface area contributed by atoms with Crippen LogP contribution in [0.15, 0.2) is 18.5 Å². The first-order valence-electron chi connectivity index (χ1n) is 6.61. The van der Waals surface area contributed by atoms with E-state index in [-0.39, 0.29) is 24.5 Å². The highest BCUT2D eigenvalue weighted by atomic mass is 32.2.